The van der Waals surface area contributed by atoms with Crippen LogP contribution in [0.5, 0.6) is 0 Å². The first-order chi connectivity index (χ1) is 39.5. The highest BCUT2D eigenvalue weighted by Crippen LogP contribution is 2.15. The fourth-order valence-corrected chi connectivity index (χ4v) is 8.48. The topological polar surface area (TPSA) is 78.9 Å². The van der Waals surface area contributed by atoms with Gasteiger partial charge in [0, 0.05) is 19.3 Å². The number of esters is 3. The minimum absolute atomic E-state index is 0.0976. The Bertz CT molecular complexity index is 1790. The summed E-state index contributed by atoms with van der Waals surface area (Å²) in [6.45, 7) is 6.36. The molecule has 0 heterocycles. The van der Waals surface area contributed by atoms with Gasteiger partial charge in [0.2, 0.25) is 0 Å². The van der Waals surface area contributed by atoms with Crippen molar-refractivity contribution in [2.24, 2.45) is 0 Å². The molecule has 450 valence electrons. The number of hydrogen-bond donors (Lipinski definition) is 0. The Morgan fingerprint density at radius 1 is 0.263 bits per heavy atom. The highest BCUT2D eigenvalue weighted by molar-refractivity contribution is 5.71. The highest BCUT2D eigenvalue weighted by Gasteiger charge is 2.19. The summed E-state index contributed by atoms with van der Waals surface area (Å²) in [5, 5.41) is 0. The van der Waals surface area contributed by atoms with Crippen molar-refractivity contribution in [2.75, 3.05) is 13.2 Å². The molecule has 0 fully saturated rings. The zero-order valence-corrected chi connectivity index (χ0v) is 51.5. The van der Waals surface area contributed by atoms with Crippen molar-refractivity contribution in [3.63, 3.8) is 0 Å². The molecule has 0 aliphatic heterocycles. The number of unbranched alkanes of at least 4 members (excludes halogenated alkanes) is 20. The summed E-state index contributed by atoms with van der Waals surface area (Å²) >= 11 is 0. The maximum atomic E-state index is 12.9. The second-order valence-electron chi connectivity index (χ2n) is 20.9. The van der Waals surface area contributed by atoms with E-state index in [0.717, 1.165) is 154 Å². The van der Waals surface area contributed by atoms with Gasteiger partial charge in [-0.25, -0.2) is 0 Å². The van der Waals surface area contributed by atoms with Crippen molar-refractivity contribution in [1.29, 1.82) is 0 Å². The molecule has 0 aromatic heterocycles. The van der Waals surface area contributed by atoms with Crippen LogP contribution in [0.25, 0.3) is 0 Å². The highest BCUT2D eigenvalue weighted by atomic mass is 16.6. The molecule has 0 saturated heterocycles. The second-order valence-corrected chi connectivity index (χ2v) is 20.9. The van der Waals surface area contributed by atoms with Gasteiger partial charge in [0.05, 0.1) is 0 Å². The van der Waals surface area contributed by atoms with E-state index in [1.807, 2.05) is 0 Å². The summed E-state index contributed by atoms with van der Waals surface area (Å²) in [5.41, 5.74) is 0. The van der Waals surface area contributed by atoms with E-state index in [2.05, 4.69) is 179 Å². The lowest BCUT2D eigenvalue weighted by Crippen LogP contribution is -2.30. The van der Waals surface area contributed by atoms with Crippen molar-refractivity contribution in [2.45, 2.75) is 277 Å². The van der Waals surface area contributed by atoms with Gasteiger partial charge in [0.1, 0.15) is 13.2 Å². The van der Waals surface area contributed by atoms with E-state index in [0.29, 0.717) is 12.8 Å². The van der Waals surface area contributed by atoms with Crippen LogP contribution in [0.4, 0.5) is 0 Å². The third-order valence-electron chi connectivity index (χ3n) is 13.3. The van der Waals surface area contributed by atoms with E-state index < -0.39 is 6.10 Å². The minimum atomic E-state index is -0.804. The van der Waals surface area contributed by atoms with Crippen molar-refractivity contribution < 1.29 is 28.6 Å². The van der Waals surface area contributed by atoms with Gasteiger partial charge in [-0.1, -0.05) is 281 Å². The molecular weight excluding hydrogens is 985 g/mol. The minimum Gasteiger partial charge on any atom is -0.462 e. The Balaban J connectivity index is 4.30. The van der Waals surface area contributed by atoms with Crippen LogP contribution in [-0.4, -0.2) is 37.2 Å². The quantitative estimate of drug-likeness (QED) is 0.0261. The third kappa shape index (κ3) is 63.9. The molecule has 0 saturated carbocycles. The van der Waals surface area contributed by atoms with E-state index >= 15 is 0 Å². The summed E-state index contributed by atoms with van der Waals surface area (Å²) in [4.78, 5) is 38.2. The average Bonchev–Trinajstić information content (AvgIpc) is 3.46. The number of hydrogen-bond acceptors (Lipinski definition) is 6. The molecule has 0 rings (SSSR count). The SMILES string of the molecule is CC/C=C\C/C=C\C/C=C\C/C=C\C/C=C\C/C=C\C/C=C\C/C=C\CCCCCCCCCCC(=O)OCC(COC(=O)CCCCCCCCCCCC)OC(=O)CCCCC/C=C\C/C=C\C/C=C\C/C=C\C/C=C\CC. The van der Waals surface area contributed by atoms with Gasteiger partial charge >= 0.3 is 17.9 Å². The molecule has 6 heteroatoms. The van der Waals surface area contributed by atoms with Gasteiger partial charge < -0.3 is 14.2 Å². The Labute approximate surface area is 492 Å². The molecule has 0 aromatic carbocycles. The maximum absolute atomic E-state index is 12.9. The first kappa shape index (κ1) is 75.0. The van der Waals surface area contributed by atoms with Crippen LogP contribution in [0.15, 0.2) is 158 Å². The zero-order chi connectivity index (χ0) is 57.8. The number of carbonyl (C=O) groups is 3. The van der Waals surface area contributed by atoms with E-state index in [1.54, 1.807) is 0 Å². The number of allylic oxidation sites excluding steroid dienone is 26. The monoisotopic (exact) mass is 1100 g/mol. The van der Waals surface area contributed by atoms with Crippen LogP contribution in [-0.2, 0) is 28.6 Å². The van der Waals surface area contributed by atoms with E-state index in [4.69, 9.17) is 14.2 Å². The Morgan fingerprint density at radius 3 is 0.775 bits per heavy atom. The lowest BCUT2D eigenvalue weighted by atomic mass is 10.1. The first-order valence-corrected chi connectivity index (χ1v) is 32.5. The standard InChI is InChI=1S/C74H118O6/c1-4-7-10-13-16-19-22-24-26-28-30-31-32-33-34-35-36-37-38-39-40-41-42-43-45-46-48-50-52-55-58-61-64-67-73(76)79-70-71(69-78-72(75)66-63-60-57-54-21-18-15-12-9-6-3)80-74(77)68-65-62-59-56-53-51-49-47-44-29-27-25-23-20-17-14-11-8-5-2/h7-8,10-11,16-17,19-20,24-27,30-31,33-34,36-37,39-40,42-44,47,51,53,71H,4-6,9,12-15,18,21-23,28-29,32,35,38,41,45-46,48-50,52,54-70H2,1-3H3/b10-7-,11-8-,19-16-,20-17-,26-24-,27-25-,31-30-,34-33-,37-36-,40-39-,43-42-,47-44-,53-51-. The van der Waals surface area contributed by atoms with Crippen LogP contribution in [0.2, 0.25) is 0 Å². The lowest BCUT2D eigenvalue weighted by Gasteiger charge is -2.18. The number of rotatable bonds is 57. The van der Waals surface area contributed by atoms with Crippen LogP contribution in [0.1, 0.15) is 271 Å². The molecule has 1 unspecified atom stereocenters. The summed E-state index contributed by atoms with van der Waals surface area (Å²) < 4.78 is 16.9. The molecule has 0 aliphatic rings. The average molecular weight is 1100 g/mol. The third-order valence-corrected chi connectivity index (χ3v) is 13.3. The van der Waals surface area contributed by atoms with Gasteiger partial charge in [0.25, 0.3) is 0 Å². The first-order valence-electron chi connectivity index (χ1n) is 32.5. The predicted octanol–water partition coefficient (Wildman–Crippen LogP) is 22.5. The van der Waals surface area contributed by atoms with Crippen LogP contribution < -0.4 is 0 Å². The fourth-order valence-electron chi connectivity index (χ4n) is 8.48. The van der Waals surface area contributed by atoms with Gasteiger partial charge in [0.15, 0.2) is 6.10 Å². The Hall–Kier alpha value is -4.97. The molecular formula is C74H118O6. The number of ether oxygens (including phenoxy) is 3. The molecule has 80 heavy (non-hydrogen) atoms. The van der Waals surface area contributed by atoms with E-state index in [1.165, 1.54) is 77.0 Å². The summed E-state index contributed by atoms with van der Waals surface area (Å²) in [7, 11) is 0. The van der Waals surface area contributed by atoms with Crippen LogP contribution >= 0.6 is 0 Å². The van der Waals surface area contributed by atoms with Crippen LogP contribution in [0.3, 0.4) is 0 Å². The maximum Gasteiger partial charge on any atom is 0.306 e. The molecule has 1 atom stereocenters. The van der Waals surface area contributed by atoms with Gasteiger partial charge in [-0.05, 0) is 128 Å². The van der Waals surface area contributed by atoms with Crippen molar-refractivity contribution >= 4 is 17.9 Å². The smallest absolute Gasteiger partial charge is 0.306 e. The Kier molecular flexibility index (Phi) is 62.4. The van der Waals surface area contributed by atoms with Gasteiger partial charge in [-0.3, -0.25) is 14.4 Å². The fraction of sp³-hybridized carbons (Fsp3) is 0.608. The molecule has 0 aliphatic carbocycles. The normalized spacial score (nSPS) is 13.2. The molecule has 0 radical (unpaired) electrons. The van der Waals surface area contributed by atoms with Crippen molar-refractivity contribution in [3.05, 3.63) is 158 Å². The Morgan fingerprint density at radius 2 is 0.487 bits per heavy atom. The van der Waals surface area contributed by atoms with Gasteiger partial charge in [-0.2, -0.15) is 0 Å². The molecule has 0 aromatic rings. The molecule has 0 bridgehead atoms. The largest absolute Gasteiger partial charge is 0.462 e. The van der Waals surface area contributed by atoms with Crippen LogP contribution in [0, 0.1) is 0 Å². The molecule has 6 nitrogen and oxygen atoms in total. The van der Waals surface area contributed by atoms with E-state index in [-0.39, 0.29) is 37.5 Å². The second kappa shape index (κ2) is 66.5. The summed E-state index contributed by atoms with van der Waals surface area (Å²) in [6, 6.07) is 0. The van der Waals surface area contributed by atoms with Crippen molar-refractivity contribution in [1.82, 2.24) is 0 Å². The summed E-state index contributed by atoms with van der Waals surface area (Å²) in [5.74, 6) is -0.943. The number of carbonyl (C=O) groups excluding carboxylic acids is 3. The summed E-state index contributed by atoms with van der Waals surface area (Å²) in [6.07, 6.45) is 96.8. The zero-order valence-electron chi connectivity index (χ0n) is 51.5. The van der Waals surface area contributed by atoms with E-state index in [9.17, 15) is 14.4 Å². The van der Waals surface area contributed by atoms with Gasteiger partial charge in [-0.15, -0.1) is 0 Å². The van der Waals surface area contributed by atoms with Crippen molar-refractivity contribution in [3.8, 4) is 0 Å². The molecule has 0 spiro atoms. The lowest BCUT2D eigenvalue weighted by molar-refractivity contribution is -0.167. The predicted molar refractivity (Wildman–Crippen MR) is 348 cm³/mol. The molecule has 0 N–H and O–H groups in total. The molecule has 0 amide bonds.